The first kappa shape index (κ1) is 19.9. The Morgan fingerprint density at radius 3 is 2.64 bits per heavy atom. The lowest BCUT2D eigenvalue weighted by atomic mass is 10.1. The third-order valence-electron chi connectivity index (χ3n) is 4.27. The fourth-order valence-electron chi connectivity index (χ4n) is 2.95. The SMILES string of the molecule is CCOc1cc(/C=C2/NC(=O)N(Cc3cccc(C)c3)C2=O)c(Br)cc1OC. The van der Waals surface area contributed by atoms with Gasteiger partial charge >= 0.3 is 6.03 Å². The molecule has 2 aromatic carbocycles. The van der Waals surface area contributed by atoms with Gasteiger partial charge in [0.25, 0.3) is 5.91 Å². The van der Waals surface area contributed by atoms with Gasteiger partial charge in [-0.05, 0) is 43.2 Å². The number of methoxy groups -OCH3 is 1. The molecule has 0 atom stereocenters. The quantitative estimate of drug-likeness (QED) is 0.533. The molecule has 1 fully saturated rings. The van der Waals surface area contributed by atoms with Crippen LogP contribution < -0.4 is 14.8 Å². The van der Waals surface area contributed by atoms with Crippen LogP contribution in [0.3, 0.4) is 0 Å². The smallest absolute Gasteiger partial charge is 0.329 e. The first-order valence-corrected chi connectivity index (χ1v) is 9.62. The van der Waals surface area contributed by atoms with Crippen LogP contribution in [0.25, 0.3) is 6.08 Å². The van der Waals surface area contributed by atoms with Crippen LogP contribution in [-0.2, 0) is 11.3 Å². The van der Waals surface area contributed by atoms with E-state index >= 15 is 0 Å². The number of nitrogens with one attached hydrogen (secondary N) is 1. The summed E-state index contributed by atoms with van der Waals surface area (Å²) in [5.74, 6) is 0.777. The number of ether oxygens (including phenoxy) is 2. The van der Waals surface area contributed by atoms with Crippen LogP contribution in [-0.4, -0.2) is 30.6 Å². The van der Waals surface area contributed by atoms with Crippen LogP contribution in [0, 0.1) is 6.92 Å². The number of carbonyl (C=O) groups excluding carboxylic acids is 2. The zero-order chi connectivity index (χ0) is 20.3. The first-order chi connectivity index (χ1) is 13.4. The molecule has 3 rings (SSSR count). The Balaban J connectivity index is 1.88. The number of halogens is 1. The van der Waals surface area contributed by atoms with E-state index < -0.39 is 6.03 Å². The molecule has 0 saturated carbocycles. The third-order valence-corrected chi connectivity index (χ3v) is 4.95. The molecule has 1 heterocycles. The molecular formula is C21H21BrN2O4. The van der Waals surface area contributed by atoms with Gasteiger partial charge in [-0.3, -0.25) is 9.69 Å². The van der Waals surface area contributed by atoms with E-state index in [0.717, 1.165) is 15.6 Å². The summed E-state index contributed by atoms with van der Waals surface area (Å²) in [5.41, 5.74) is 2.89. The molecule has 0 unspecified atom stereocenters. The highest BCUT2D eigenvalue weighted by atomic mass is 79.9. The Kier molecular flexibility index (Phi) is 6.04. The normalized spacial score (nSPS) is 15.1. The minimum atomic E-state index is -0.438. The highest BCUT2D eigenvalue weighted by Gasteiger charge is 2.33. The molecule has 2 aromatic rings. The van der Waals surface area contributed by atoms with Crippen LogP contribution in [0.4, 0.5) is 4.79 Å². The van der Waals surface area contributed by atoms with Gasteiger partial charge in [-0.2, -0.15) is 0 Å². The molecule has 7 heteroatoms. The van der Waals surface area contributed by atoms with Crippen molar-refractivity contribution in [2.75, 3.05) is 13.7 Å². The van der Waals surface area contributed by atoms with Crippen molar-refractivity contribution >= 4 is 33.9 Å². The molecule has 0 radical (unpaired) electrons. The summed E-state index contributed by atoms with van der Waals surface area (Å²) in [5, 5.41) is 2.65. The zero-order valence-electron chi connectivity index (χ0n) is 15.9. The number of aryl methyl sites for hydroxylation is 1. The van der Waals surface area contributed by atoms with E-state index in [1.54, 1.807) is 25.3 Å². The number of hydrogen-bond donors (Lipinski definition) is 1. The van der Waals surface area contributed by atoms with Gasteiger partial charge < -0.3 is 14.8 Å². The largest absolute Gasteiger partial charge is 0.493 e. The second kappa shape index (κ2) is 8.48. The molecule has 1 aliphatic rings. The van der Waals surface area contributed by atoms with Gasteiger partial charge in [0.2, 0.25) is 0 Å². The van der Waals surface area contributed by atoms with Crippen molar-refractivity contribution in [2.24, 2.45) is 0 Å². The van der Waals surface area contributed by atoms with E-state index in [4.69, 9.17) is 9.47 Å². The van der Waals surface area contributed by atoms with Gasteiger partial charge in [0.05, 0.1) is 20.3 Å². The maximum absolute atomic E-state index is 12.8. The number of imide groups is 1. The number of urea groups is 1. The molecule has 0 bridgehead atoms. The molecule has 1 saturated heterocycles. The van der Waals surface area contributed by atoms with E-state index in [1.807, 2.05) is 38.1 Å². The molecule has 3 amide bonds. The fourth-order valence-corrected chi connectivity index (χ4v) is 3.39. The fraction of sp³-hybridized carbons (Fsp3) is 0.238. The standard InChI is InChI=1S/C21H21BrN2O4/c1-4-28-19-10-15(16(22)11-18(19)27-3)9-17-20(25)24(21(26)23-17)12-14-7-5-6-13(2)8-14/h5-11H,4,12H2,1-3H3,(H,23,26)/b17-9+. The summed E-state index contributed by atoms with van der Waals surface area (Å²) in [6, 6.07) is 10.8. The first-order valence-electron chi connectivity index (χ1n) is 8.83. The molecule has 0 aromatic heterocycles. The highest BCUT2D eigenvalue weighted by molar-refractivity contribution is 9.10. The van der Waals surface area contributed by atoms with E-state index in [1.165, 1.54) is 4.90 Å². The summed E-state index contributed by atoms with van der Waals surface area (Å²) in [4.78, 5) is 26.3. The molecule has 6 nitrogen and oxygen atoms in total. The predicted octanol–water partition coefficient (Wildman–Crippen LogP) is 4.26. The number of nitrogens with zero attached hydrogens (tertiary/aromatic N) is 1. The highest BCUT2D eigenvalue weighted by Crippen LogP contribution is 2.35. The van der Waals surface area contributed by atoms with E-state index in [9.17, 15) is 9.59 Å². The van der Waals surface area contributed by atoms with E-state index in [-0.39, 0.29) is 18.1 Å². The number of rotatable bonds is 6. The van der Waals surface area contributed by atoms with Gasteiger partial charge in [-0.15, -0.1) is 0 Å². The minimum absolute atomic E-state index is 0.214. The monoisotopic (exact) mass is 444 g/mol. The van der Waals surface area contributed by atoms with Crippen LogP contribution >= 0.6 is 15.9 Å². The van der Waals surface area contributed by atoms with Crippen molar-refractivity contribution in [1.82, 2.24) is 10.2 Å². The molecule has 0 spiro atoms. The van der Waals surface area contributed by atoms with Gasteiger partial charge in [-0.1, -0.05) is 45.8 Å². The topological polar surface area (TPSA) is 67.9 Å². The lowest BCUT2D eigenvalue weighted by Crippen LogP contribution is -2.30. The summed E-state index contributed by atoms with van der Waals surface area (Å²) in [6.07, 6.45) is 1.63. The second-order valence-electron chi connectivity index (χ2n) is 6.33. The average molecular weight is 445 g/mol. The van der Waals surface area contributed by atoms with Crippen molar-refractivity contribution in [3.8, 4) is 11.5 Å². The molecular weight excluding hydrogens is 424 g/mol. The molecule has 1 N–H and O–H groups in total. The van der Waals surface area contributed by atoms with Crippen LogP contribution in [0.15, 0.2) is 46.6 Å². The van der Waals surface area contributed by atoms with Crippen molar-refractivity contribution in [3.63, 3.8) is 0 Å². The average Bonchev–Trinajstić information content (AvgIpc) is 2.92. The minimum Gasteiger partial charge on any atom is -0.493 e. The van der Waals surface area contributed by atoms with Crippen LogP contribution in [0.2, 0.25) is 0 Å². The summed E-state index contributed by atoms with van der Waals surface area (Å²) in [6.45, 7) is 4.55. The Bertz CT molecular complexity index is 955. The maximum Gasteiger partial charge on any atom is 0.329 e. The van der Waals surface area contributed by atoms with Crippen molar-refractivity contribution in [2.45, 2.75) is 20.4 Å². The zero-order valence-corrected chi connectivity index (χ0v) is 17.5. The number of hydrogen-bond acceptors (Lipinski definition) is 4. The Morgan fingerprint density at radius 1 is 1.18 bits per heavy atom. The number of carbonyl (C=O) groups is 2. The van der Waals surface area contributed by atoms with Gasteiger partial charge in [0.1, 0.15) is 5.70 Å². The molecule has 1 aliphatic heterocycles. The molecule has 146 valence electrons. The van der Waals surface area contributed by atoms with Crippen LogP contribution in [0.1, 0.15) is 23.6 Å². The van der Waals surface area contributed by atoms with E-state index in [0.29, 0.717) is 23.7 Å². The summed E-state index contributed by atoms with van der Waals surface area (Å²) >= 11 is 3.47. The van der Waals surface area contributed by atoms with Crippen molar-refractivity contribution in [1.29, 1.82) is 0 Å². The molecule has 28 heavy (non-hydrogen) atoms. The second-order valence-corrected chi connectivity index (χ2v) is 7.18. The third kappa shape index (κ3) is 4.20. The van der Waals surface area contributed by atoms with E-state index in [2.05, 4.69) is 21.2 Å². The lowest BCUT2D eigenvalue weighted by Gasteiger charge is -2.12. The van der Waals surface area contributed by atoms with Gasteiger partial charge in [-0.25, -0.2) is 4.79 Å². The summed E-state index contributed by atoms with van der Waals surface area (Å²) < 4.78 is 11.6. The maximum atomic E-state index is 12.8. The lowest BCUT2D eigenvalue weighted by molar-refractivity contribution is -0.123. The van der Waals surface area contributed by atoms with Gasteiger partial charge in [0.15, 0.2) is 11.5 Å². The van der Waals surface area contributed by atoms with Crippen molar-refractivity contribution in [3.05, 3.63) is 63.3 Å². The Labute approximate surface area is 172 Å². The summed E-state index contributed by atoms with van der Waals surface area (Å²) in [7, 11) is 1.56. The Hall–Kier alpha value is -2.80. The number of benzene rings is 2. The van der Waals surface area contributed by atoms with Crippen molar-refractivity contribution < 1.29 is 19.1 Å². The van der Waals surface area contributed by atoms with Crippen LogP contribution in [0.5, 0.6) is 11.5 Å². The Morgan fingerprint density at radius 2 is 1.96 bits per heavy atom. The predicted molar refractivity (Wildman–Crippen MR) is 110 cm³/mol. The molecule has 0 aliphatic carbocycles. The van der Waals surface area contributed by atoms with Gasteiger partial charge in [0, 0.05) is 4.47 Å². The number of amides is 3.